The number of rotatable bonds is 4. The minimum absolute atomic E-state index is 0.217. The predicted molar refractivity (Wildman–Crippen MR) is 64.4 cm³/mol. The Kier molecular flexibility index (Phi) is 4.93. The molecular formula is C12H22N2O3. The molecule has 1 aliphatic heterocycles. The van der Waals surface area contributed by atoms with Crippen LogP contribution in [0.25, 0.3) is 0 Å². The molecule has 98 valence electrons. The van der Waals surface area contributed by atoms with E-state index < -0.39 is 18.1 Å². The molecule has 0 aliphatic carbocycles. The van der Waals surface area contributed by atoms with E-state index in [1.807, 2.05) is 13.8 Å². The molecule has 0 aromatic carbocycles. The summed E-state index contributed by atoms with van der Waals surface area (Å²) in [5.41, 5.74) is 5.83. The Labute approximate surface area is 102 Å². The van der Waals surface area contributed by atoms with Crippen LogP contribution >= 0.6 is 0 Å². The van der Waals surface area contributed by atoms with Gasteiger partial charge in [-0.25, -0.2) is 4.79 Å². The summed E-state index contributed by atoms with van der Waals surface area (Å²) in [6.45, 7) is 4.51. The number of carboxylic acid groups (broad SMARTS) is 1. The van der Waals surface area contributed by atoms with Crippen LogP contribution in [0.1, 0.15) is 39.5 Å². The summed E-state index contributed by atoms with van der Waals surface area (Å²) < 4.78 is 0. The van der Waals surface area contributed by atoms with Crippen LogP contribution in [0.2, 0.25) is 0 Å². The zero-order valence-corrected chi connectivity index (χ0v) is 10.6. The largest absolute Gasteiger partial charge is 0.480 e. The zero-order chi connectivity index (χ0) is 13.0. The molecule has 17 heavy (non-hydrogen) atoms. The first-order valence-electron chi connectivity index (χ1n) is 6.22. The van der Waals surface area contributed by atoms with Gasteiger partial charge in [0.1, 0.15) is 6.04 Å². The third-order valence-electron chi connectivity index (χ3n) is 3.11. The van der Waals surface area contributed by atoms with Crippen molar-refractivity contribution in [2.75, 3.05) is 6.54 Å². The quantitative estimate of drug-likeness (QED) is 0.764. The summed E-state index contributed by atoms with van der Waals surface area (Å²) in [4.78, 5) is 24.6. The van der Waals surface area contributed by atoms with Gasteiger partial charge in [-0.2, -0.15) is 0 Å². The van der Waals surface area contributed by atoms with Crippen molar-refractivity contribution in [1.82, 2.24) is 4.90 Å². The Morgan fingerprint density at radius 2 is 2.06 bits per heavy atom. The SMILES string of the molecule is CC(C)C[C@H](N)C(=O)N1CCCC[C@H]1C(=O)O. The van der Waals surface area contributed by atoms with E-state index >= 15 is 0 Å². The molecule has 0 unspecified atom stereocenters. The average molecular weight is 242 g/mol. The number of carboxylic acids is 1. The van der Waals surface area contributed by atoms with Gasteiger partial charge in [-0.1, -0.05) is 13.8 Å². The summed E-state index contributed by atoms with van der Waals surface area (Å²) in [5, 5.41) is 9.09. The van der Waals surface area contributed by atoms with Crippen LogP contribution in [0, 0.1) is 5.92 Å². The van der Waals surface area contributed by atoms with Crippen molar-refractivity contribution in [2.45, 2.75) is 51.6 Å². The third-order valence-corrected chi connectivity index (χ3v) is 3.11. The van der Waals surface area contributed by atoms with Crippen LogP contribution in [0.3, 0.4) is 0 Å². The van der Waals surface area contributed by atoms with Gasteiger partial charge < -0.3 is 15.7 Å². The number of carbonyl (C=O) groups excluding carboxylic acids is 1. The second kappa shape index (κ2) is 6.00. The molecule has 0 aromatic heterocycles. The lowest BCUT2D eigenvalue weighted by Gasteiger charge is -2.34. The second-order valence-corrected chi connectivity index (χ2v) is 5.12. The van der Waals surface area contributed by atoms with Crippen LogP contribution in [-0.2, 0) is 9.59 Å². The smallest absolute Gasteiger partial charge is 0.326 e. The Morgan fingerprint density at radius 3 is 2.59 bits per heavy atom. The highest BCUT2D eigenvalue weighted by Gasteiger charge is 2.34. The van der Waals surface area contributed by atoms with Crippen LogP contribution in [0.15, 0.2) is 0 Å². The van der Waals surface area contributed by atoms with Gasteiger partial charge in [0.2, 0.25) is 5.91 Å². The van der Waals surface area contributed by atoms with Crippen molar-refractivity contribution < 1.29 is 14.7 Å². The number of aliphatic carboxylic acids is 1. The lowest BCUT2D eigenvalue weighted by Crippen LogP contribution is -2.53. The molecular weight excluding hydrogens is 220 g/mol. The molecule has 5 nitrogen and oxygen atoms in total. The second-order valence-electron chi connectivity index (χ2n) is 5.12. The molecule has 2 atom stereocenters. The number of nitrogens with two attached hydrogens (primary N) is 1. The maximum Gasteiger partial charge on any atom is 0.326 e. The van der Waals surface area contributed by atoms with Crippen molar-refractivity contribution in [3.8, 4) is 0 Å². The van der Waals surface area contributed by atoms with E-state index in [0.717, 1.165) is 12.8 Å². The Morgan fingerprint density at radius 1 is 1.41 bits per heavy atom. The minimum Gasteiger partial charge on any atom is -0.480 e. The van der Waals surface area contributed by atoms with Crippen LogP contribution in [-0.4, -0.2) is 40.5 Å². The van der Waals surface area contributed by atoms with Crippen molar-refractivity contribution in [1.29, 1.82) is 0 Å². The number of piperidine rings is 1. The summed E-state index contributed by atoms with van der Waals surface area (Å²) in [7, 11) is 0. The van der Waals surface area contributed by atoms with E-state index in [9.17, 15) is 9.59 Å². The Hall–Kier alpha value is -1.10. The number of likely N-dealkylation sites (tertiary alicyclic amines) is 1. The Balaban J connectivity index is 2.67. The van der Waals surface area contributed by atoms with Crippen molar-refractivity contribution in [3.05, 3.63) is 0 Å². The number of hydrogen-bond acceptors (Lipinski definition) is 3. The van der Waals surface area contributed by atoms with E-state index in [4.69, 9.17) is 10.8 Å². The first-order chi connectivity index (χ1) is 7.93. The highest BCUT2D eigenvalue weighted by molar-refractivity contribution is 5.87. The molecule has 1 aliphatic rings. The van der Waals surface area contributed by atoms with Gasteiger partial charge in [0.05, 0.1) is 6.04 Å². The van der Waals surface area contributed by atoms with E-state index in [1.54, 1.807) is 0 Å². The predicted octanol–water partition coefficient (Wildman–Crippen LogP) is 0.825. The number of hydrogen-bond donors (Lipinski definition) is 2. The minimum atomic E-state index is -0.921. The standard InChI is InChI=1S/C12H22N2O3/c1-8(2)7-9(13)11(15)14-6-4-3-5-10(14)12(16)17/h8-10H,3-7,13H2,1-2H3,(H,16,17)/t9-,10-/m0/s1. The molecule has 0 bridgehead atoms. The summed E-state index contributed by atoms with van der Waals surface area (Å²) in [6, 6.07) is -1.26. The molecule has 1 rings (SSSR count). The van der Waals surface area contributed by atoms with E-state index in [1.165, 1.54) is 4.90 Å². The Bertz CT molecular complexity index is 291. The summed E-state index contributed by atoms with van der Waals surface area (Å²) in [6.07, 6.45) is 2.86. The molecule has 1 saturated heterocycles. The van der Waals surface area contributed by atoms with Gasteiger partial charge in [0, 0.05) is 6.54 Å². The van der Waals surface area contributed by atoms with Gasteiger partial charge in [-0.15, -0.1) is 0 Å². The first-order valence-corrected chi connectivity index (χ1v) is 6.22. The maximum atomic E-state index is 12.1. The fourth-order valence-corrected chi connectivity index (χ4v) is 2.27. The number of nitrogens with zero attached hydrogens (tertiary/aromatic N) is 1. The van der Waals surface area contributed by atoms with Crippen LogP contribution in [0.5, 0.6) is 0 Å². The molecule has 0 radical (unpaired) electrons. The fourth-order valence-electron chi connectivity index (χ4n) is 2.27. The topological polar surface area (TPSA) is 83.6 Å². The zero-order valence-electron chi connectivity index (χ0n) is 10.6. The molecule has 1 heterocycles. The van der Waals surface area contributed by atoms with Crippen molar-refractivity contribution >= 4 is 11.9 Å². The molecule has 0 aromatic rings. The third kappa shape index (κ3) is 3.70. The van der Waals surface area contributed by atoms with Gasteiger partial charge in [0.15, 0.2) is 0 Å². The number of amides is 1. The van der Waals surface area contributed by atoms with E-state index in [2.05, 4.69) is 0 Å². The molecule has 5 heteroatoms. The maximum absolute atomic E-state index is 12.1. The first kappa shape index (κ1) is 14.0. The molecule has 1 amide bonds. The van der Waals surface area contributed by atoms with Crippen LogP contribution < -0.4 is 5.73 Å². The molecule has 1 fully saturated rings. The van der Waals surface area contributed by atoms with Crippen molar-refractivity contribution in [2.24, 2.45) is 11.7 Å². The highest BCUT2D eigenvalue weighted by atomic mass is 16.4. The average Bonchev–Trinajstić information content (AvgIpc) is 2.27. The molecule has 3 N–H and O–H groups in total. The van der Waals surface area contributed by atoms with E-state index in [0.29, 0.717) is 25.3 Å². The summed E-state index contributed by atoms with van der Waals surface area (Å²) in [5.74, 6) is -0.803. The lowest BCUT2D eigenvalue weighted by atomic mass is 9.98. The van der Waals surface area contributed by atoms with Gasteiger partial charge in [-0.3, -0.25) is 4.79 Å². The van der Waals surface area contributed by atoms with Gasteiger partial charge in [-0.05, 0) is 31.6 Å². The number of carbonyl (C=O) groups is 2. The highest BCUT2D eigenvalue weighted by Crippen LogP contribution is 2.19. The summed E-state index contributed by atoms with van der Waals surface area (Å²) >= 11 is 0. The van der Waals surface area contributed by atoms with E-state index in [-0.39, 0.29) is 5.91 Å². The normalized spacial score (nSPS) is 22.6. The lowest BCUT2D eigenvalue weighted by molar-refractivity contribution is -0.152. The van der Waals surface area contributed by atoms with Gasteiger partial charge in [0.25, 0.3) is 0 Å². The molecule has 0 spiro atoms. The monoisotopic (exact) mass is 242 g/mol. The van der Waals surface area contributed by atoms with Crippen LogP contribution in [0.4, 0.5) is 0 Å². The molecule has 0 saturated carbocycles. The fraction of sp³-hybridized carbons (Fsp3) is 0.833. The van der Waals surface area contributed by atoms with Crippen molar-refractivity contribution in [3.63, 3.8) is 0 Å². The van der Waals surface area contributed by atoms with Gasteiger partial charge >= 0.3 is 5.97 Å².